The Labute approximate surface area is 209 Å². The highest BCUT2D eigenvalue weighted by molar-refractivity contribution is 6.32. The maximum atomic E-state index is 12.8. The highest BCUT2D eigenvalue weighted by atomic mass is 16.4. The second kappa shape index (κ2) is 9.68. The third-order valence-corrected chi connectivity index (χ3v) is 7.13. The van der Waals surface area contributed by atoms with Gasteiger partial charge in [-0.1, -0.05) is 17.6 Å². The van der Waals surface area contributed by atoms with Crippen LogP contribution in [0.1, 0.15) is 47.2 Å². The van der Waals surface area contributed by atoms with Crippen molar-refractivity contribution in [2.75, 3.05) is 25.0 Å². The summed E-state index contributed by atoms with van der Waals surface area (Å²) >= 11 is 0. The number of rotatable bonds is 5. The van der Waals surface area contributed by atoms with E-state index in [-0.39, 0.29) is 36.6 Å². The Balaban J connectivity index is 1.14. The lowest BCUT2D eigenvalue weighted by Gasteiger charge is -2.38. The number of carbonyl (C=O) groups excluding carboxylic acids is 3. The van der Waals surface area contributed by atoms with E-state index in [9.17, 15) is 19.2 Å². The van der Waals surface area contributed by atoms with Crippen molar-refractivity contribution < 1.29 is 18.8 Å². The van der Waals surface area contributed by atoms with Gasteiger partial charge in [-0.3, -0.25) is 14.6 Å². The van der Waals surface area contributed by atoms with Crippen LogP contribution in [0, 0.1) is 6.92 Å². The number of hydrogen-bond acceptors (Lipinski definition) is 5. The molecule has 184 valence electrons. The van der Waals surface area contributed by atoms with Crippen LogP contribution in [0.25, 0.3) is 11.1 Å². The van der Waals surface area contributed by atoms with Gasteiger partial charge in [0, 0.05) is 49.8 Å². The van der Waals surface area contributed by atoms with Crippen LogP contribution in [0.3, 0.4) is 0 Å². The Bertz CT molecular complexity index is 1400. The van der Waals surface area contributed by atoms with E-state index >= 15 is 0 Å². The summed E-state index contributed by atoms with van der Waals surface area (Å²) in [5.41, 5.74) is 4.55. The number of aromatic amines is 1. The molecule has 2 aromatic carbocycles. The van der Waals surface area contributed by atoms with Crippen LogP contribution < -0.4 is 16.5 Å². The first-order valence-corrected chi connectivity index (χ1v) is 12.2. The molecular formula is C26H27BN4O5. The summed E-state index contributed by atoms with van der Waals surface area (Å²) < 4.78 is 5.08. The molecule has 0 aliphatic carbocycles. The van der Waals surface area contributed by atoms with Gasteiger partial charge in [0.2, 0.25) is 5.91 Å². The van der Waals surface area contributed by atoms with E-state index in [4.69, 9.17) is 12.3 Å². The van der Waals surface area contributed by atoms with Gasteiger partial charge in [-0.2, -0.15) is 0 Å². The Kier molecular flexibility index (Phi) is 6.43. The number of aryl methyl sites for hydroxylation is 1. The molecule has 1 saturated heterocycles. The standard InChI is InChI=1S/C26H27BN4O5/c1-15-12-17(14-22-24(15)29-26(35)36-22)21(32)4-5-23(33)30-9-7-19(8-10-30)31-11-6-16-13-18(27)2-3-20(16)28-25(31)34/h2-3,12-14,19H,4-11H2,1H3,(H,28,34)(H,29,35). The summed E-state index contributed by atoms with van der Waals surface area (Å²) in [7, 11) is 5.89. The van der Waals surface area contributed by atoms with Crippen LogP contribution in [0.4, 0.5) is 10.5 Å². The molecule has 0 spiro atoms. The smallest absolute Gasteiger partial charge is 0.408 e. The lowest BCUT2D eigenvalue weighted by molar-refractivity contribution is -0.132. The number of fused-ring (bicyclic) bond motifs is 2. The highest BCUT2D eigenvalue weighted by Crippen LogP contribution is 2.25. The number of anilines is 1. The van der Waals surface area contributed by atoms with Crippen LogP contribution in [-0.4, -0.2) is 66.0 Å². The lowest BCUT2D eigenvalue weighted by Crippen LogP contribution is -2.50. The first-order valence-electron chi connectivity index (χ1n) is 12.2. The molecule has 3 amide bonds. The molecule has 0 saturated carbocycles. The van der Waals surface area contributed by atoms with Crippen LogP contribution >= 0.6 is 0 Å². The van der Waals surface area contributed by atoms with Crippen LogP contribution in [0.2, 0.25) is 0 Å². The molecule has 5 rings (SSSR count). The number of H-pyrrole nitrogens is 1. The molecule has 2 radical (unpaired) electrons. The number of nitrogens with one attached hydrogen (secondary N) is 2. The maximum absolute atomic E-state index is 12.8. The zero-order valence-corrected chi connectivity index (χ0v) is 20.1. The zero-order valence-electron chi connectivity index (χ0n) is 20.1. The van der Waals surface area contributed by atoms with Crippen LogP contribution in [-0.2, 0) is 11.2 Å². The van der Waals surface area contributed by atoms with E-state index in [2.05, 4.69) is 10.3 Å². The molecule has 3 aromatic rings. The number of hydrogen-bond donors (Lipinski definition) is 2. The lowest BCUT2D eigenvalue weighted by atomic mass is 9.92. The van der Waals surface area contributed by atoms with Crippen molar-refractivity contribution in [2.45, 2.75) is 45.1 Å². The minimum atomic E-state index is -0.567. The van der Waals surface area contributed by atoms with Gasteiger partial charge in [0.15, 0.2) is 11.4 Å². The summed E-state index contributed by atoms with van der Waals surface area (Å²) in [4.78, 5) is 56.0. The molecule has 0 unspecified atom stereocenters. The average molecular weight is 486 g/mol. The second-order valence-corrected chi connectivity index (χ2v) is 9.51. The number of benzene rings is 2. The van der Waals surface area contributed by atoms with Gasteiger partial charge >= 0.3 is 11.8 Å². The average Bonchev–Trinajstić information content (AvgIpc) is 3.16. The van der Waals surface area contributed by atoms with Crippen molar-refractivity contribution in [2.24, 2.45) is 0 Å². The largest absolute Gasteiger partial charge is 0.417 e. The van der Waals surface area contributed by atoms with Crippen molar-refractivity contribution in [3.8, 4) is 0 Å². The number of carbonyl (C=O) groups is 3. The first kappa shape index (κ1) is 23.9. The van der Waals surface area contributed by atoms with Crippen molar-refractivity contribution in [1.29, 1.82) is 0 Å². The molecule has 10 heteroatoms. The highest BCUT2D eigenvalue weighted by Gasteiger charge is 2.31. The summed E-state index contributed by atoms with van der Waals surface area (Å²) in [6.07, 6.45) is 2.28. The van der Waals surface area contributed by atoms with Gasteiger partial charge in [0.25, 0.3) is 0 Å². The monoisotopic (exact) mass is 486 g/mol. The number of ketones is 1. The number of oxazole rings is 1. The Morgan fingerprint density at radius 2 is 1.86 bits per heavy atom. The first-order chi connectivity index (χ1) is 17.3. The molecule has 3 heterocycles. The summed E-state index contributed by atoms with van der Waals surface area (Å²) in [6.45, 7) is 3.47. The van der Waals surface area contributed by atoms with Crippen molar-refractivity contribution >= 4 is 47.8 Å². The van der Waals surface area contributed by atoms with Crippen molar-refractivity contribution in [1.82, 2.24) is 14.8 Å². The third-order valence-electron chi connectivity index (χ3n) is 7.13. The molecule has 1 fully saturated rings. The van der Waals surface area contributed by atoms with E-state index in [0.717, 1.165) is 23.2 Å². The quantitative estimate of drug-likeness (QED) is 0.424. The molecule has 0 bridgehead atoms. The van der Waals surface area contributed by atoms with E-state index < -0.39 is 5.76 Å². The molecule has 2 aliphatic rings. The minimum absolute atomic E-state index is 0.0491. The van der Waals surface area contributed by atoms with E-state index in [0.29, 0.717) is 54.6 Å². The van der Waals surface area contributed by atoms with Gasteiger partial charge < -0.3 is 19.5 Å². The second-order valence-electron chi connectivity index (χ2n) is 9.51. The maximum Gasteiger partial charge on any atom is 0.417 e. The van der Waals surface area contributed by atoms with Crippen molar-refractivity contribution in [3.63, 3.8) is 0 Å². The van der Waals surface area contributed by atoms with E-state index in [1.165, 1.54) is 6.07 Å². The summed E-state index contributed by atoms with van der Waals surface area (Å²) in [6, 6.07) is 8.67. The van der Waals surface area contributed by atoms with Gasteiger partial charge in [0.05, 0.1) is 5.52 Å². The Morgan fingerprint density at radius 3 is 2.64 bits per heavy atom. The molecule has 1 aromatic heterocycles. The fraction of sp³-hybridized carbons (Fsp3) is 0.385. The molecule has 0 atom stereocenters. The number of nitrogens with zero attached hydrogens (tertiary/aromatic N) is 2. The summed E-state index contributed by atoms with van der Waals surface area (Å²) in [5, 5.41) is 2.98. The SMILES string of the molecule is [B]c1ccc2c(c1)CCN(C1CCN(C(=O)CCC(=O)c3cc(C)c4[nH]c(=O)oc4c3)CC1)C(=O)N2. The van der Waals surface area contributed by atoms with Gasteiger partial charge in [0.1, 0.15) is 7.85 Å². The van der Waals surface area contributed by atoms with Crippen LogP contribution in [0.5, 0.6) is 0 Å². The fourth-order valence-corrected chi connectivity index (χ4v) is 5.15. The molecule has 36 heavy (non-hydrogen) atoms. The van der Waals surface area contributed by atoms with Gasteiger partial charge in [-0.25, -0.2) is 9.59 Å². The zero-order chi connectivity index (χ0) is 25.4. The van der Waals surface area contributed by atoms with E-state index in [1.54, 1.807) is 24.0 Å². The van der Waals surface area contributed by atoms with Gasteiger partial charge in [-0.05, 0) is 55.5 Å². The number of likely N-dealkylation sites (tertiary alicyclic amines) is 1. The molecule has 9 nitrogen and oxygen atoms in total. The number of piperidine rings is 1. The predicted molar refractivity (Wildman–Crippen MR) is 136 cm³/mol. The molecular weight excluding hydrogens is 459 g/mol. The number of amides is 3. The van der Waals surface area contributed by atoms with Crippen LogP contribution in [0.15, 0.2) is 39.5 Å². The summed E-state index contributed by atoms with van der Waals surface area (Å²) in [5.74, 6) is -0.812. The number of urea groups is 1. The molecule has 2 aliphatic heterocycles. The third kappa shape index (κ3) is 4.80. The van der Waals surface area contributed by atoms with Crippen molar-refractivity contribution in [3.05, 3.63) is 57.6 Å². The Hall–Kier alpha value is -3.82. The predicted octanol–water partition coefficient (Wildman–Crippen LogP) is 2.27. The van der Waals surface area contributed by atoms with E-state index in [1.807, 2.05) is 17.0 Å². The molecule has 2 N–H and O–H groups in total. The fourth-order valence-electron chi connectivity index (χ4n) is 5.15. The normalized spacial score (nSPS) is 16.5. The van der Waals surface area contributed by atoms with Gasteiger partial charge in [-0.15, -0.1) is 0 Å². The number of Topliss-reactive ketones (excluding diaryl/α,β-unsaturated/α-hetero) is 1. The minimum Gasteiger partial charge on any atom is -0.408 e. The topological polar surface area (TPSA) is 116 Å². The number of aromatic nitrogens is 1. The Morgan fingerprint density at radius 1 is 1.08 bits per heavy atom.